The van der Waals surface area contributed by atoms with Crippen molar-refractivity contribution in [2.24, 2.45) is 5.73 Å². The van der Waals surface area contributed by atoms with Gasteiger partial charge in [-0.1, -0.05) is 54.6 Å². The van der Waals surface area contributed by atoms with Gasteiger partial charge in [-0.15, -0.1) is 0 Å². The van der Waals surface area contributed by atoms with E-state index in [4.69, 9.17) is 10.5 Å². The molecule has 0 aliphatic heterocycles. The van der Waals surface area contributed by atoms with Gasteiger partial charge in [0.05, 0.1) is 0 Å². The maximum atomic E-state index is 12.0. The van der Waals surface area contributed by atoms with Gasteiger partial charge in [0.15, 0.2) is 6.61 Å². The molecule has 0 aromatic heterocycles. The molecule has 0 heterocycles. The number of ether oxygens (including phenoxy) is 1. The average molecular weight is 375 g/mol. The number of anilines is 2. The van der Waals surface area contributed by atoms with Crippen LogP contribution in [0.4, 0.5) is 11.4 Å². The molecule has 3 aromatic rings. The van der Waals surface area contributed by atoms with E-state index in [1.165, 1.54) is 0 Å². The topological polar surface area (TPSA) is 93.5 Å². The lowest BCUT2D eigenvalue weighted by Gasteiger charge is -2.17. The van der Waals surface area contributed by atoms with Gasteiger partial charge in [-0.25, -0.2) is 0 Å². The molecule has 6 heteroatoms. The van der Waals surface area contributed by atoms with Crippen LogP contribution in [-0.2, 0) is 9.59 Å². The van der Waals surface area contributed by atoms with E-state index >= 15 is 0 Å². The van der Waals surface area contributed by atoms with Gasteiger partial charge in [-0.2, -0.15) is 0 Å². The Balaban J connectivity index is 1.62. The number of rotatable bonds is 8. The van der Waals surface area contributed by atoms with Crippen molar-refractivity contribution in [2.45, 2.75) is 6.04 Å². The van der Waals surface area contributed by atoms with Crippen molar-refractivity contribution in [3.63, 3.8) is 0 Å². The zero-order valence-corrected chi connectivity index (χ0v) is 15.2. The Morgan fingerprint density at radius 1 is 0.857 bits per heavy atom. The minimum atomic E-state index is -0.669. The van der Waals surface area contributed by atoms with Gasteiger partial charge in [0.1, 0.15) is 11.8 Å². The predicted molar refractivity (Wildman–Crippen MR) is 109 cm³/mol. The molecule has 0 saturated heterocycles. The Hall–Kier alpha value is -3.80. The second-order valence-electron chi connectivity index (χ2n) is 6.12. The van der Waals surface area contributed by atoms with Gasteiger partial charge < -0.3 is 21.1 Å². The summed E-state index contributed by atoms with van der Waals surface area (Å²) in [4.78, 5) is 23.9. The monoisotopic (exact) mass is 375 g/mol. The van der Waals surface area contributed by atoms with Crippen molar-refractivity contribution in [1.29, 1.82) is 0 Å². The normalized spacial score (nSPS) is 11.3. The molecule has 3 aromatic carbocycles. The fourth-order valence-electron chi connectivity index (χ4n) is 2.67. The van der Waals surface area contributed by atoms with Gasteiger partial charge in [-0.05, 0) is 29.8 Å². The first kappa shape index (κ1) is 19.0. The first-order valence-corrected chi connectivity index (χ1v) is 8.80. The highest BCUT2D eigenvalue weighted by molar-refractivity contribution is 5.91. The summed E-state index contributed by atoms with van der Waals surface area (Å²) in [5.74, 6) is -0.242. The Labute approximate surface area is 163 Å². The molecule has 0 aliphatic rings. The van der Waals surface area contributed by atoms with Crippen LogP contribution in [0.1, 0.15) is 11.6 Å². The molecule has 0 fully saturated rings. The van der Waals surface area contributed by atoms with Gasteiger partial charge in [-0.3, -0.25) is 9.59 Å². The molecule has 0 spiro atoms. The van der Waals surface area contributed by atoms with E-state index in [1.54, 1.807) is 36.4 Å². The van der Waals surface area contributed by atoms with Crippen molar-refractivity contribution in [3.8, 4) is 5.75 Å². The third-order valence-corrected chi connectivity index (χ3v) is 3.99. The minimum absolute atomic E-state index is 0.129. The van der Waals surface area contributed by atoms with Crippen LogP contribution in [-0.4, -0.2) is 18.4 Å². The largest absolute Gasteiger partial charge is 0.484 e. The predicted octanol–water partition coefficient (Wildman–Crippen LogP) is 3.34. The van der Waals surface area contributed by atoms with Crippen LogP contribution in [0.15, 0.2) is 84.9 Å². The highest BCUT2D eigenvalue weighted by Gasteiger charge is 2.17. The zero-order valence-electron chi connectivity index (χ0n) is 15.2. The summed E-state index contributed by atoms with van der Waals surface area (Å²) in [7, 11) is 0. The van der Waals surface area contributed by atoms with Crippen LogP contribution in [0.5, 0.6) is 5.75 Å². The molecule has 3 rings (SSSR count). The number of para-hydroxylation sites is 1. The highest BCUT2D eigenvalue weighted by Crippen LogP contribution is 2.23. The number of nitrogens with one attached hydrogen (secondary N) is 2. The van der Waals surface area contributed by atoms with E-state index in [9.17, 15) is 9.59 Å². The maximum Gasteiger partial charge on any atom is 0.262 e. The van der Waals surface area contributed by atoms with Crippen LogP contribution < -0.4 is 21.1 Å². The lowest BCUT2D eigenvalue weighted by Crippen LogP contribution is -2.27. The van der Waals surface area contributed by atoms with Gasteiger partial charge >= 0.3 is 0 Å². The smallest absolute Gasteiger partial charge is 0.262 e. The molecule has 0 unspecified atom stereocenters. The molecule has 0 aliphatic carbocycles. The molecule has 1 atom stereocenters. The number of benzene rings is 3. The molecular formula is C22H21N3O3. The number of amides is 2. The quantitative estimate of drug-likeness (QED) is 0.563. The Morgan fingerprint density at radius 3 is 2.18 bits per heavy atom. The van der Waals surface area contributed by atoms with Crippen LogP contribution in [0.3, 0.4) is 0 Å². The number of hydrogen-bond acceptors (Lipinski definition) is 4. The molecule has 0 bridgehead atoms. The summed E-state index contributed by atoms with van der Waals surface area (Å²) >= 11 is 0. The van der Waals surface area contributed by atoms with Crippen molar-refractivity contribution in [1.82, 2.24) is 0 Å². The van der Waals surface area contributed by atoms with Gasteiger partial charge in [0.2, 0.25) is 5.91 Å². The lowest BCUT2D eigenvalue weighted by molar-refractivity contribution is -0.119. The Morgan fingerprint density at radius 2 is 1.50 bits per heavy atom. The Bertz CT molecular complexity index is 930. The first-order chi connectivity index (χ1) is 13.6. The maximum absolute atomic E-state index is 12.0. The van der Waals surface area contributed by atoms with Crippen LogP contribution >= 0.6 is 0 Å². The van der Waals surface area contributed by atoms with Crippen molar-refractivity contribution in [2.75, 3.05) is 17.2 Å². The molecular weight excluding hydrogens is 354 g/mol. The average Bonchev–Trinajstić information content (AvgIpc) is 2.72. The summed E-state index contributed by atoms with van der Waals surface area (Å²) in [6.07, 6.45) is 0. The molecule has 0 radical (unpaired) electrons. The summed E-state index contributed by atoms with van der Waals surface area (Å²) in [6, 6.07) is 24.7. The third kappa shape index (κ3) is 5.35. The van der Waals surface area contributed by atoms with Gasteiger partial charge in [0.25, 0.3) is 5.91 Å². The number of hydrogen-bond donors (Lipinski definition) is 3. The molecule has 0 saturated carbocycles. The minimum Gasteiger partial charge on any atom is -0.484 e. The van der Waals surface area contributed by atoms with Gasteiger partial charge in [0, 0.05) is 17.4 Å². The molecule has 142 valence electrons. The number of nitrogens with two attached hydrogens (primary N) is 1. The number of primary amides is 1. The first-order valence-electron chi connectivity index (χ1n) is 8.80. The molecule has 28 heavy (non-hydrogen) atoms. The summed E-state index contributed by atoms with van der Waals surface area (Å²) in [5.41, 5.74) is 7.68. The van der Waals surface area contributed by atoms with Crippen LogP contribution in [0.25, 0.3) is 0 Å². The van der Waals surface area contributed by atoms with Crippen molar-refractivity contribution in [3.05, 3.63) is 90.5 Å². The molecule has 4 N–H and O–H groups in total. The highest BCUT2D eigenvalue weighted by atomic mass is 16.5. The summed E-state index contributed by atoms with van der Waals surface area (Å²) in [5, 5.41) is 5.86. The second kappa shape index (κ2) is 9.23. The van der Waals surface area contributed by atoms with E-state index in [0.29, 0.717) is 17.1 Å². The summed E-state index contributed by atoms with van der Waals surface area (Å²) in [6.45, 7) is -0.129. The van der Waals surface area contributed by atoms with Crippen molar-refractivity contribution >= 4 is 23.2 Å². The fraction of sp³-hybridized carbons (Fsp3) is 0.0909. The second-order valence-corrected chi connectivity index (χ2v) is 6.12. The van der Waals surface area contributed by atoms with E-state index in [2.05, 4.69) is 10.6 Å². The van der Waals surface area contributed by atoms with Crippen LogP contribution in [0, 0.1) is 0 Å². The SMILES string of the molecule is NC(=O)[C@H](Nc1cccc(OCC(=O)Nc2ccccc2)c1)c1ccccc1. The van der Waals surface area contributed by atoms with E-state index in [0.717, 1.165) is 5.56 Å². The van der Waals surface area contributed by atoms with Crippen LogP contribution in [0.2, 0.25) is 0 Å². The van der Waals surface area contributed by atoms with E-state index < -0.39 is 11.9 Å². The van der Waals surface area contributed by atoms with E-state index in [-0.39, 0.29) is 12.5 Å². The number of carbonyl (C=O) groups is 2. The van der Waals surface area contributed by atoms with E-state index in [1.807, 2.05) is 48.5 Å². The summed E-state index contributed by atoms with van der Waals surface area (Å²) < 4.78 is 5.56. The molecule has 2 amide bonds. The number of carbonyl (C=O) groups excluding carboxylic acids is 2. The lowest BCUT2D eigenvalue weighted by atomic mass is 10.1. The molecule has 6 nitrogen and oxygen atoms in total. The third-order valence-electron chi connectivity index (χ3n) is 3.99. The Kier molecular flexibility index (Phi) is 6.25. The standard InChI is InChI=1S/C22H21N3O3/c23-22(27)21(16-8-3-1-4-9-16)25-18-12-7-13-19(14-18)28-15-20(26)24-17-10-5-2-6-11-17/h1-14,21,25H,15H2,(H2,23,27)(H,24,26)/t21-/m1/s1. The fourth-order valence-corrected chi connectivity index (χ4v) is 2.67. The van der Waals surface area contributed by atoms with Crippen molar-refractivity contribution < 1.29 is 14.3 Å². The zero-order chi connectivity index (χ0) is 19.8.